The molecular weight excluding hydrogens is 322 g/mol. The fourth-order valence-corrected chi connectivity index (χ4v) is 5.16. The lowest BCUT2D eigenvalue weighted by atomic mass is 9.78. The highest BCUT2D eigenvalue weighted by molar-refractivity contribution is 7.94. The smallest absolute Gasteiger partial charge is 0.220 e. The zero-order chi connectivity index (χ0) is 17.0. The van der Waals surface area contributed by atoms with E-state index in [4.69, 9.17) is 0 Å². The first-order valence-electron chi connectivity index (χ1n) is 8.74. The number of hydrogen-bond acceptors (Lipinski definition) is 3. The highest BCUT2D eigenvalue weighted by Crippen LogP contribution is 2.35. The van der Waals surface area contributed by atoms with Crippen LogP contribution in [0.25, 0.3) is 0 Å². The molecule has 1 aliphatic carbocycles. The van der Waals surface area contributed by atoms with Crippen LogP contribution in [0.1, 0.15) is 43.6 Å². The van der Waals surface area contributed by atoms with Gasteiger partial charge in [0.05, 0.1) is 5.75 Å². The molecule has 130 valence electrons. The Kier molecular flexibility index (Phi) is 5.39. The average molecular weight is 347 g/mol. The lowest BCUT2D eigenvalue weighted by Crippen LogP contribution is -2.32. The van der Waals surface area contributed by atoms with Crippen LogP contribution >= 0.6 is 0 Å². The average Bonchev–Trinajstić information content (AvgIpc) is 2.93. The Morgan fingerprint density at radius 3 is 2.42 bits per heavy atom. The van der Waals surface area contributed by atoms with Gasteiger partial charge in [-0.1, -0.05) is 36.4 Å². The lowest BCUT2D eigenvalue weighted by molar-refractivity contribution is -0.121. The van der Waals surface area contributed by atoms with E-state index in [1.54, 1.807) is 6.08 Å². The van der Waals surface area contributed by atoms with Crippen molar-refractivity contribution in [1.29, 1.82) is 0 Å². The van der Waals surface area contributed by atoms with Gasteiger partial charge in [0.15, 0.2) is 9.84 Å². The highest BCUT2D eigenvalue weighted by atomic mass is 32.2. The molecule has 1 saturated carbocycles. The molecule has 0 spiro atoms. The number of carbonyl (C=O) groups excluding carboxylic acids is 1. The van der Waals surface area contributed by atoms with E-state index in [-0.39, 0.29) is 24.0 Å². The van der Waals surface area contributed by atoms with E-state index >= 15 is 0 Å². The largest absolute Gasteiger partial charge is 0.356 e. The number of allylic oxidation sites excluding steroid dienone is 1. The number of nitrogens with one attached hydrogen (secondary N) is 1. The van der Waals surface area contributed by atoms with Crippen LogP contribution in [0.2, 0.25) is 0 Å². The SMILES string of the molecule is O=C(CC1C=CS(=O)(=O)C1)NCC1CCC(c2ccccc2)CC1. The topological polar surface area (TPSA) is 63.2 Å². The second-order valence-electron chi connectivity index (χ2n) is 7.05. The summed E-state index contributed by atoms with van der Waals surface area (Å²) in [4.78, 5) is 12.0. The predicted octanol–water partition coefficient (Wildman–Crippen LogP) is 3.03. The van der Waals surface area contributed by atoms with E-state index in [0.29, 0.717) is 18.4 Å². The van der Waals surface area contributed by atoms with Gasteiger partial charge in [-0.2, -0.15) is 0 Å². The zero-order valence-electron chi connectivity index (χ0n) is 13.9. The predicted molar refractivity (Wildman–Crippen MR) is 95.2 cm³/mol. The van der Waals surface area contributed by atoms with E-state index in [0.717, 1.165) is 12.8 Å². The van der Waals surface area contributed by atoms with Gasteiger partial charge in [0, 0.05) is 24.3 Å². The third-order valence-electron chi connectivity index (χ3n) is 5.16. The van der Waals surface area contributed by atoms with E-state index in [9.17, 15) is 13.2 Å². The van der Waals surface area contributed by atoms with Gasteiger partial charge in [-0.3, -0.25) is 4.79 Å². The minimum atomic E-state index is -3.07. The van der Waals surface area contributed by atoms with Crippen molar-refractivity contribution < 1.29 is 13.2 Å². The number of hydrogen-bond donors (Lipinski definition) is 1. The highest BCUT2D eigenvalue weighted by Gasteiger charge is 2.25. The Morgan fingerprint density at radius 2 is 1.79 bits per heavy atom. The van der Waals surface area contributed by atoms with E-state index < -0.39 is 9.84 Å². The third-order valence-corrected chi connectivity index (χ3v) is 6.62. The summed E-state index contributed by atoms with van der Waals surface area (Å²) >= 11 is 0. The first-order valence-corrected chi connectivity index (χ1v) is 10.5. The standard InChI is InChI=1S/C19H25NO3S/c21-19(12-16-10-11-24(22,23)14-16)20-13-15-6-8-18(9-7-15)17-4-2-1-3-5-17/h1-5,10-11,15-16,18H,6-9,12-14H2,(H,20,21). The van der Waals surface area contributed by atoms with Gasteiger partial charge in [0.25, 0.3) is 0 Å². The van der Waals surface area contributed by atoms with Crippen LogP contribution in [0, 0.1) is 11.8 Å². The summed E-state index contributed by atoms with van der Waals surface area (Å²) in [7, 11) is -3.07. The van der Waals surface area contributed by atoms with Gasteiger partial charge in [0.1, 0.15) is 0 Å². The van der Waals surface area contributed by atoms with Crippen molar-refractivity contribution in [3.05, 3.63) is 47.4 Å². The molecule has 5 heteroatoms. The van der Waals surface area contributed by atoms with E-state index in [1.807, 2.05) is 0 Å². The number of rotatable bonds is 5. The zero-order valence-corrected chi connectivity index (χ0v) is 14.7. The number of carbonyl (C=O) groups is 1. The fourth-order valence-electron chi connectivity index (χ4n) is 3.76. The van der Waals surface area contributed by atoms with Crippen LogP contribution in [0.5, 0.6) is 0 Å². The summed E-state index contributed by atoms with van der Waals surface area (Å²) in [5.74, 6) is 1.06. The van der Waals surface area contributed by atoms with E-state index in [2.05, 4.69) is 35.6 Å². The minimum absolute atomic E-state index is 0.0352. The third kappa shape index (κ3) is 4.69. The molecule has 1 heterocycles. The number of benzene rings is 1. The maximum atomic E-state index is 12.0. The van der Waals surface area contributed by atoms with Gasteiger partial charge in [-0.05, 0) is 43.1 Å². The Labute approximate surface area is 144 Å². The number of sulfone groups is 1. The molecular formula is C19H25NO3S. The summed E-state index contributed by atoms with van der Waals surface area (Å²) in [6.07, 6.45) is 6.53. The molecule has 0 saturated heterocycles. The van der Waals surface area contributed by atoms with Gasteiger partial charge in [0.2, 0.25) is 5.91 Å². The molecule has 24 heavy (non-hydrogen) atoms. The molecule has 0 bridgehead atoms. The summed E-state index contributed by atoms with van der Waals surface area (Å²) < 4.78 is 22.7. The molecule has 1 amide bonds. The van der Waals surface area contributed by atoms with Crippen molar-refractivity contribution in [3.63, 3.8) is 0 Å². The lowest BCUT2D eigenvalue weighted by Gasteiger charge is -2.29. The molecule has 0 radical (unpaired) electrons. The second kappa shape index (κ2) is 7.51. The molecule has 2 aliphatic rings. The summed E-state index contributed by atoms with van der Waals surface area (Å²) in [6.45, 7) is 0.712. The summed E-state index contributed by atoms with van der Waals surface area (Å²) in [5.41, 5.74) is 1.43. The van der Waals surface area contributed by atoms with Crippen LogP contribution in [-0.4, -0.2) is 26.6 Å². The number of amides is 1. The van der Waals surface area contributed by atoms with Crippen LogP contribution in [-0.2, 0) is 14.6 Å². The van der Waals surface area contributed by atoms with Gasteiger partial charge >= 0.3 is 0 Å². The molecule has 1 aromatic carbocycles. The molecule has 1 aliphatic heterocycles. The molecule has 3 rings (SSSR count). The monoisotopic (exact) mass is 347 g/mol. The van der Waals surface area contributed by atoms with Crippen molar-refractivity contribution in [1.82, 2.24) is 5.32 Å². The van der Waals surface area contributed by atoms with Gasteiger partial charge < -0.3 is 5.32 Å². The summed E-state index contributed by atoms with van der Waals surface area (Å²) in [5, 5.41) is 4.23. The van der Waals surface area contributed by atoms with Crippen LogP contribution in [0.3, 0.4) is 0 Å². The molecule has 1 N–H and O–H groups in total. The molecule has 0 aromatic heterocycles. The van der Waals surface area contributed by atoms with Crippen molar-refractivity contribution in [3.8, 4) is 0 Å². The fraction of sp³-hybridized carbons (Fsp3) is 0.526. The Hall–Kier alpha value is -1.62. The quantitative estimate of drug-likeness (QED) is 0.890. The van der Waals surface area contributed by atoms with E-state index in [1.165, 1.54) is 23.8 Å². The first kappa shape index (κ1) is 17.2. The minimum Gasteiger partial charge on any atom is -0.356 e. The molecule has 1 aromatic rings. The summed E-state index contributed by atoms with van der Waals surface area (Å²) in [6, 6.07) is 10.7. The Balaban J connectivity index is 1.38. The molecule has 1 fully saturated rings. The van der Waals surface area contributed by atoms with Gasteiger partial charge in [-0.25, -0.2) is 8.42 Å². The van der Waals surface area contributed by atoms with Crippen molar-refractivity contribution in [2.75, 3.05) is 12.3 Å². The second-order valence-corrected chi connectivity index (χ2v) is 8.99. The van der Waals surface area contributed by atoms with Crippen LogP contribution < -0.4 is 5.32 Å². The Morgan fingerprint density at radius 1 is 1.08 bits per heavy atom. The van der Waals surface area contributed by atoms with Crippen molar-refractivity contribution in [2.24, 2.45) is 11.8 Å². The van der Waals surface area contributed by atoms with Crippen molar-refractivity contribution >= 4 is 15.7 Å². The first-order chi connectivity index (χ1) is 11.5. The normalized spacial score (nSPS) is 28.6. The van der Waals surface area contributed by atoms with Crippen LogP contribution in [0.4, 0.5) is 0 Å². The Bertz CT molecular complexity index is 689. The maximum Gasteiger partial charge on any atom is 0.220 e. The van der Waals surface area contributed by atoms with Crippen molar-refractivity contribution in [2.45, 2.75) is 38.0 Å². The van der Waals surface area contributed by atoms with Crippen LogP contribution in [0.15, 0.2) is 41.8 Å². The maximum absolute atomic E-state index is 12.0. The molecule has 4 nitrogen and oxygen atoms in total. The van der Waals surface area contributed by atoms with Gasteiger partial charge in [-0.15, -0.1) is 0 Å². The molecule has 1 atom stereocenters. The molecule has 1 unspecified atom stereocenters.